The third kappa shape index (κ3) is 5.34. The highest BCUT2D eigenvalue weighted by Gasteiger charge is 2.45. The summed E-state index contributed by atoms with van der Waals surface area (Å²) in [5.74, 6) is -4.19. The zero-order valence-corrected chi connectivity index (χ0v) is 18.0. The molecule has 3 heterocycles. The lowest BCUT2D eigenvalue weighted by atomic mass is 9.87. The van der Waals surface area contributed by atoms with Crippen LogP contribution in [-0.4, -0.2) is 54.5 Å². The molecule has 1 fully saturated rings. The molecule has 0 bridgehead atoms. The van der Waals surface area contributed by atoms with Gasteiger partial charge in [0.05, 0.1) is 17.9 Å². The minimum Gasteiger partial charge on any atom is -0.365 e. The molecular formula is C19H18F8N8O. The largest absolute Gasteiger partial charge is 0.437 e. The first-order valence-corrected chi connectivity index (χ1v) is 10.4. The number of halogens is 8. The molecule has 4 N–H and O–H groups in total. The van der Waals surface area contributed by atoms with Crippen LogP contribution in [0.2, 0.25) is 0 Å². The fourth-order valence-electron chi connectivity index (χ4n) is 3.84. The van der Waals surface area contributed by atoms with Gasteiger partial charge in [-0.1, -0.05) is 0 Å². The van der Waals surface area contributed by atoms with E-state index in [9.17, 15) is 39.9 Å². The summed E-state index contributed by atoms with van der Waals surface area (Å²) in [5.41, 5.74) is 2.46. The minimum atomic E-state index is -5.16. The Morgan fingerprint density at radius 2 is 1.94 bits per heavy atom. The molecule has 196 valence electrons. The van der Waals surface area contributed by atoms with E-state index >= 15 is 0 Å². The summed E-state index contributed by atoms with van der Waals surface area (Å²) in [7, 11) is 0. The smallest absolute Gasteiger partial charge is 0.365 e. The number of aromatic nitrogens is 5. The number of rotatable bonds is 5. The molecule has 2 atom stereocenters. The van der Waals surface area contributed by atoms with Crippen LogP contribution in [-0.2, 0) is 12.7 Å². The van der Waals surface area contributed by atoms with E-state index in [-0.39, 0.29) is 34.6 Å². The first kappa shape index (κ1) is 25.6. The van der Waals surface area contributed by atoms with E-state index in [1.165, 1.54) is 12.3 Å². The van der Waals surface area contributed by atoms with Gasteiger partial charge >= 0.3 is 12.4 Å². The first-order valence-electron chi connectivity index (χ1n) is 10.4. The molecule has 3 aromatic rings. The van der Waals surface area contributed by atoms with Crippen LogP contribution < -0.4 is 16.4 Å². The first-order chi connectivity index (χ1) is 16.6. The van der Waals surface area contributed by atoms with Crippen LogP contribution in [0.5, 0.6) is 0 Å². The summed E-state index contributed by atoms with van der Waals surface area (Å²) in [6.45, 7) is -1.80. The summed E-state index contributed by atoms with van der Waals surface area (Å²) in [5, 5.41) is 11.4. The molecule has 0 spiro atoms. The maximum absolute atomic E-state index is 13.9. The Morgan fingerprint density at radius 3 is 2.61 bits per heavy atom. The van der Waals surface area contributed by atoms with Gasteiger partial charge in [-0.05, 0) is 18.9 Å². The molecule has 3 aromatic heterocycles. The Labute approximate surface area is 196 Å². The summed E-state index contributed by atoms with van der Waals surface area (Å²) >= 11 is 0. The number of nitrogens with one attached hydrogen (secondary N) is 2. The van der Waals surface area contributed by atoms with Crippen molar-refractivity contribution >= 4 is 23.1 Å². The molecule has 1 aliphatic rings. The SMILES string of the molecule is N[C@@H]1[C@H](Nc2ccn3ncc(C(=O)Nc4cn(CC(F)(F)F)nc4C(F)(F)F)c3n2)CCCC1(F)F. The Bertz CT molecular complexity index is 1260. The van der Waals surface area contributed by atoms with Gasteiger partial charge in [0.15, 0.2) is 11.3 Å². The summed E-state index contributed by atoms with van der Waals surface area (Å²) < 4.78 is 107. The zero-order valence-electron chi connectivity index (χ0n) is 18.0. The molecule has 0 radical (unpaired) electrons. The number of hydrogen-bond acceptors (Lipinski definition) is 6. The second-order valence-electron chi connectivity index (χ2n) is 8.23. The zero-order chi connectivity index (χ0) is 26.5. The van der Waals surface area contributed by atoms with E-state index < -0.39 is 54.2 Å². The maximum Gasteiger partial charge on any atom is 0.437 e. The molecule has 9 nitrogen and oxygen atoms in total. The summed E-state index contributed by atoms with van der Waals surface area (Å²) in [4.78, 5) is 16.9. The van der Waals surface area contributed by atoms with Gasteiger partial charge in [-0.2, -0.15) is 36.5 Å². The fourth-order valence-corrected chi connectivity index (χ4v) is 3.84. The van der Waals surface area contributed by atoms with Crippen LogP contribution in [0, 0.1) is 0 Å². The number of amides is 1. The highest BCUT2D eigenvalue weighted by molar-refractivity contribution is 6.08. The van der Waals surface area contributed by atoms with Gasteiger partial charge in [-0.15, -0.1) is 0 Å². The molecule has 1 aliphatic carbocycles. The summed E-state index contributed by atoms with van der Waals surface area (Å²) in [6.07, 6.45) is -7.10. The molecule has 4 rings (SSSR count). The molecule has 0 aromatic carbocycles. The third-order valence-electron chi connectivity index (χ3n) is 5.51. The molecule has 0 aliphatic heterocycles. The van der Waals surface area contributed by atoms with Crippen molar-refractivity contribution in [3.05, 3.63) is 35.9 Å². The maximum atomic E-state index is 13.9. The van der Waals surface area contributed by atoms with E-state index in [1.54, 1.807) is 0 Å². The van der Waals surface area contributed by atoms with Crippen molar-refractivity contribution in [2.75, 3.05) is 10.6 Å². The predicted molar refractivity (Wildman–Crippen MR) is 108 cm³/mol. The van der Waals surface area contributed by atoms with Crippen molar-refractivity contribution in [2.45, 2.75) is 56.2 Å². The lowest BCUT2D eigenvalue weighted by Crippen LogP contribution is -2.55. The van der Waals surface area contributed by atoms with Crippen molar-refractivity contribution in [3.8, 4) is 0 Å². The van der Waals surface area contributed by atoms with Crippen molar-refractivity contribution in [3.63, 3.8) is 0 Å². The second kappa shape index (κ2) is 8.86. The number of nitrogens with zero attached hydrogens (tertiary/aromatic N) is 5. The number of carbonyl (C=O) groups is 1. The number of hydrogen-bond donors (Lipinski definition) is 3. The van der Waals surface area contributed by atoms with E-state index in [4.69, 9.17) is 5.73 Å². The minimum absolute atomic E-state index is 0.0119. The van der Waals surface area contributed by atoms with Gasteiger partial charge in [0.2, 0.25) is 0 Å². The van der Waals surface area contributed by atoms with Crippen LogP contribution in [0.3, 0.4) is 0 Å². The van der Waals surface area contributed by atoms with Crippen LogP contribution in [0.4, 0.5) is 46.6 Å². The van der Waals surface area contributed by atoms with E-state index in [0.29, 0.717) is 12.6 Å². The average Bonchev–Trinajstić information content (AvgIpc) is 3.33. The topological polar surface area (TPSA) is 115 Å². The quantitative estimate of drug-likeness (QED) is 0.437. The van der Waals surface area contributed by atoms with E-state index in [2.05, 4.69) is 20.5 Å². The molecule has 36 heavy (non-hydrogen) atoms. The highest BCUT2D eigenvalue weighted by atomic mass is 19.4. The molecule has 0 unspecified atom stereocenters. The van der Waals surface area contributed by atoms with Crippen LogP contribution in [0.25, 0.3) is 5.65 Å². The van der Waals surface area contributed by atoms with Crippen molar-refractivity contribution in [2.24, 2.45) is 5.73 Å². The van der Waals surface area contributed by atoms with Crippen LogP contribution >= 0.6 is 0 Å². The number of fused-ring (bicyclic) bond motifs is 1. The summed E-state index contributed by atoms with van der Waals surface area (Å²) in [6, 6.07) is -0.951. The van der Waals surface area contributed by atoms with E-state index in [0.717, 1.165) is 10.7 Å². The number of anilines is 2. The Kier molecular flexibility index (Phi) is 6.30. The van der Waals surface area contributed by atoms with Crippen LogP contribution in [0.15, 0.2) is 24.7 Å². The average molecular weight is 526 g/mol. The fraction of sp³-hybridized carbons (Fsp3) is 0.474. The third-order valence-corrected chi connectivity index (χ3v) is 5.51. The van der Waals surface area contributed by atoms with Crippen molar-refractivity contribution in [1.82, 2.24) is 24.4 Å². The van der Waals surface area contributed by atoms with Gasteiger partial charge < -0.3 is 16.4 Å². The lowest BCUT2D eigenvalue weighted by Gasteiger charge is -2.36. The monoisotopic (exact) mass is 526 g/mol. The number of nitrogens with two attached hydrogens (primary N) is 1. The molecular weight excluding hydrogens is 508 g/mol. The number of carbonyl (C=O) groups excluding carboxylic acids is 1. The normalized spacial score (nSPS) is 20.5. The van der Waals surface area contributed by atoms with Gasteiger partial charge in [0, 0.05) is 24.9 Å². The van der Waals surface area contributed by atoms with Gasteiger partial charge in [0.25, 0.3) is 11.8 Å². The molecule has 1 amide bonds. The lowest BCUT2D eigenvalue weighted by molar-refractivity contribution is -0.148. The van der Waals surface area contributed by atoms with Crippen molar-refractivity contribution in [1.29, 1.82) is 0 Å². The Balaban J connectivity index is 1.59. The van der Waals surface area contributed by atoms with Gasteiger partial charge in [0.1, 0.15) is 17.9 Å². The highest BCUT2D eigenvalue weighted by Crippen LogP contribution is 2.35. The predicted octanol–water partition coefficient (Wildman–Crippen LogP) is 3.69. The molecule has 17 heteroatoms. The van der Waals surface area contributed by atoms with Crippen LogP contribution in [0.1, 0.15) is 35.3 Å². The van der Waals surface area contributed by atoms with Crippen molar-refractivity contribution < 1.29 is 39.9 Å². The number of alkyl halides is 8. The van der Waals surface area contributed by atoms with Gasteiger partial charge in [-0.3, -0.25) is 9.48 Å². The second-order valence-corrected chi connectivity index (χ2v) is 8.23. The molecule has 0 saturated heterocycles. The Hall–Kier alpha value is -3.50. The standard InChI is InChI=1S/C19H18F8N8O/c20-17(21)4-1-2-10(13(17)28)30-12-3-5-35-15(32-12)9(6-29-35)16(36)31-11-7-34(8-18(22,23)24)33-14(11)19(25,26)27/h3,5-7,10,13H,1-2,4,8,28H2,(H,30,32)(H,31,36)/t10-,13-/m1/s1. The Morgan fingerprint density at radius 1 is 1.22 bits per heavy atom. The van der Waals surface area contributed by atoms with E-state index in [1.807, 2.05) is 5.32 Å². The van der Waals surface area contributed by atoms with Gasteiger partial charge in [-0.25, -0.2) is 18.3 Å². The molecule has 1 saturated carbocycles.